The predicted octanol–water partition coefficient (Wildman–Crippen LogP) is 1.62. The molecule has 6 nitrogen and oxygen atoms in total. The first-order valence-corrected chi connectivity index (χ1v) is 6.85. The number of aromatic carboxylic acids is 1. The molecule has 0 aromatic heterocycles. The summed E-state index contributed by atoms with van der Waals surface area (Å²) in [6.45, 7) is 1.95. The Kier molecular flexibility index (Phi) is 6.68. The summed E-state index contributed by atoms with van der Waals surface area (Å²) in [5.41, 5.74) is 0.954. The summed E-state index contributed by atoms with van der Waals surface area (Å²) < 4.78 is 0. The highest BCUT2D eigenvalue weighted by atomic mass is 16.4. The third-order valence-corrected chi connectivity index (χ3v) is 3.09. The summed E-state index contributed by atoms with van der Waals surface area (Å²) in [7, 11) is 3.96. The Hall–Kier alpha value is -2.08. The number of nitrogens with zero attached hydrogens (tertiary/aromatic N) is 2. The van der Waals surface area contributed by atoms with E-state index >= 15 is 0 Å². The molecule has 116 valence electrons. The van der Waals surface area contributed by atoms with Gasteiger partial charge in [-0.15, -0.1) is 0 Å². The smallest absolute Gasteiger partial charge is 0.335 e. The van der Waals surface area contributed by atoms with Crippen LogP contribution in [0.2, 0.25) is 0 Å². The van der Waals surface area contributed by atoms with Crippen LogP contribution in [0.4, 0.5) is 5.69 Å². The molecule has 0 atom stereocenters. The number of hydrogen-bond acceptors (Lipinski definition) is 4. The molecule has 0 amide bonds. The lowest BCUT2D eigenvalue weighted by atomic mass is 10.1. The third kappa shape index (κ3) is 6.27. The first-order chi connectivity index (χ1) is 9.90. The molecule has 21 heavy (non-hydrogen) atoms. The Morgan fingerprint density at radius 3 is 2.38 bits per heavy atom. The average Bonchev–Trinajstić information content (AvgIpc) is 2.42. The molecule has 1 rings (SSSR count). The van der Waals surface area contributed by atoms with Gasteiger partial charge in [-0.25, -0.2) is 4.79 Å². The van der Waals surface area contributed by atoms with Crippen LogP contribution in [0.25, 0.3) is 0 Å². The topological polar surface area (TPSA) is 81.1 Å². The first-order valence-electron chi connectivity index (χ1n) is 6.85. The van der Waals surface area contributed by atoms with E-state index in [1.165, 1.54) is 6.07 Å². The van der Waals surface area contributed by atoms with Gasteiger partial charge < -0.3 is 20.0 Å². The third-order valence-electron chi connectivity index (χ3n) is 3.09. The van der Waals surface area contributed by atoms with Crippen LogP contribution < -0.4 is 4.90 Å². The molecule has 0 unspecified atom stereocenters. The van der Waals surface area contributed by atoms with Crippen LogP contribution in [0.15, 0.2) is 24.3 Å². The van der Waals surface area contributed by atoms with E-state index < -0.39 is 11.9 Å². The maximum absolute atomic E-state index is 11.0. The molecule has 0 fully saturated rings. The summed E-state index contributed by atoms with van der Waals surface area (Å²) in [5, 5.41) is 17.9. The monoisotopic (exact) mass is 294 g/mol. The summed E-state index contributed by atoms with van der Waals surface area (Å²) in [5.74, 6) is -1.84. The Morgan fingerprint density at radius 2 is 1.81 bits per heavy atom. The summed E-state index contributed by atoms with van der Waals surface area (Å²) in [6, 6.07) is 6.60. The van der Waals surface area contributed by atoms with Gasteiger partial charge in [-0.3, -0.25) is 4.79 Å². The maximum Gasteiger partial charge on any atom is 0.335 e. The van der Waals surface area contributed by atoms with Crippen molar-refractivity contribution in [2.24, 2.45) is 0 Å². The molecule has 0 bridgehead atoms. The van der Waals surface area contributed by atoms with Crippen molar-refractivity contribution in [1.82, 2.24) is 4.90 Å². The molecule has 0 aliphatic carbocycles. The minimum Gasteiger partial charge on any atom is -0.481 e. The second kappa shape index (κ2) is 8.26. The van der Waals surface area contributed by atoms with Crippen molar-refractivity contribution in [1.29, 1.82) is 0 Å². The van der Waals surface area contributed by atoms with Gasteiger partial charge in [0.2, 0.25) is 0 Å². The van der Waals surface area contributed by atoms with Gasteiger partial charge in [-0.05, 0) is 45.3 Å². The quantitative estimate of drug-likeness (QED) is 0.720. The Bertz CT molecular complexity index is 488. The average molecular weight is 294 g/mol. The van der Waals surface area contributed by atoms with E-state index in [1.807, 2.05) is 25.1 Å². The lowest BCUT2D eigenvalue weighted by molar-refractivity contribution is -0.136. The van der Waals surface area contributed by atoms with Crippen LogP contribution in [0.1, 0.15) is 23.2 Å². The maximum atomic E-state index is 11.0. The number of carboxylic acids is 2. The van der Waals surface area contributed by atoms with Crippen LogP contribution in [0.3, 0.4) is 0 Å². The van der Waals surface area contributed by atoms with Crippen LogP contribution >= 0.6 is 0 Å². The largest absolute Gasteiger partial charge is 0.481 e. The SMILES string of the molecule is CN(C)CCCN(CCC(=O)O)c1cccc(C(=O)O)c1. The molecule has 6 heteroatoms. The normalized spacial score (nSPS) is 10.6. The van der Waals surface area contributed by atoms with Gasteiger partial charge in [0.25, 0.3) is 0 Å². The second-order valence-electron chi connectivity index (χ2n) is 5.14. The van der Waals surface area contributed by atoms with E-state index in [9.17, 15) is 9.59 Å². The summed E-state index contributed by atoms with van der Waals surface area (Å²) >= 11 is 0. The van der Waals surface area contributed by atoms with Crippen molar-refractivity contribution >= 4 is 17.6 Å². The molecule has 0 saturated carbocycles. The van der Waals surface area contributed by atoms with E-state index in [1.54, 1.807) is 12.1 Å². The van der Waals surface area contributed by atoms with Crippen molar-refractivity contribution in [2.75, 3.05) is 38.6 Å². The number of rotatable bonds is 9. The Morgan fingerprint density at radius 1 is 1.10 bits per heavy atom. The minimum absolute atomic E-state index is 0.0270. The number of anilines is 1. The van der Waals surface area contributed by atoms with Gasteiger partial charge in [0.1, 0.15) is 0 Å². The summed E-state index contributed by atoms with van der Waals surface area (Å²) in [6.07, 6.45) is 0.906. The van der Waals surface area contributed by atoms with Gasteiger partial charge >= 0.3 is 11.9 Å². The van der Waals surface area contributed by atoms with Gasteiger partial charge in [-0.2, -0.15) is 0 Å². The second-order valence-corrected chi connectivity index (χ2v) is 5.14. The Balaban J connectivity index is 2.80. The van der Waals surface area contributed by atoms with Crippen molar-refractivity contribution in [3.63, 3.8) is 0 Å². The van der Waals surface area contributed by atoms with E-state index in [2.05, 4.69) is 4.90 Å². The molecule has 0 heterocycles. The van der Waals surface area contributed by atoms with Crippen molar-refractivity contribution in [2.45, 2.75) is 12.8 Å². The van der Waals surface area contributed by atoms with Crippen LogP contribution in [-0.2, 0) is 4.79 Å². The molecule has 0 radical (unpaired) electrons. The fourth-order valence-corrected chi connectivity index (χ4v) is 2.01. The predicted molar refractivity (Wildman–Crippen MR) is 81.0 cm³/mol. The Labute approximate surface area is 124 Å². The fourth-order valence-electron chi connectivity index (χ4n) is 2.01. The number of benzene rings is 1. The number of aliphatic carboxylic acids is 1. The van der Waals surface area contributed by atoms with Gasteiger partial charge in [-0.1, -0.05) is 6.07 Å². The molecule has 0 aliphatic rings. The molecule has 0 spiro atoms. The number of carboxylic acid groups (broad SMARTS) is 2. The molecule has 2 N–H and O–H groups in total. The lowest BCUT2D eigenvalue weighted by Crippen LogP contribution is -2.29. The van der Waals surface area contributed by atoms with Gasteiger partial charge in [0, 0.05) is 18.8 Å². The van der Waals surface area contributed by atoms with Crippen molar-refractivity contribution < 1.29 is 19.8 Å². The van der Waals surface area contributed by atoms with E-state index in [0.717, 1.165) is 18.7 Å². The van der Waals surface area contributed by atoms with Crippen LogP contribution in [0.5, 0.6) is 0 Å². The molecule has 0 aliphatic heterocycles. The van der Waals surface area contributed by atoms with Crippen LogP contribution in [-0.4, -0.2) is 60.8 Å². The zero-order valence-corrected chi connectivity index (χ0v) is 12.5. The van der Waals surface area contributed by atoms with Gasteiger partial charge in [0.05, 0.1) is 12.0 Å². The minimum atomic E-state index is -0.983. The van der Waals surface area contributed by atoms with E-state index in [0.29, 0.717) is 13.1 Å². The van der Waals surface area contributed by atoms with E-state index in [-0.39, 0.29) is 12.0 Å². The molecule has 0 saturated heterocycles. The van der Waals surface area contributed by atoms with Crippen LogP contribution in [0, 0.1) is 0 Å². The standard InChI is InChI=1S/C15H22N2O4/c1-16(2)8-4-9-17(10-7-14(18)19)13-6-3-5-12(11-13)15(20)21/h3,5-6,11H,4,7-10H2,1-2H3,(H,18,19)(H,20,21). The highest BCUT2D eigenvalue weighted by Gasteiger charge is 2.11. The number of carbonyl (C=O) groups is 2. The molecular weight excluding hydrogens is 272 g/mol. The van der Waals surface area contributed by atoms with Gasteiger partial charge in [0.15, 0.2) is 0 Å². The molecule has 1 aromatic rings. The molecular formula is C15H22N2O4. The first kappa shape index (κ1) is 17.0. The fraction of sp³-hybridized carbons (Fsp3) is 0.467. The zero-order valence-electron chi connectivity index (χ0n) is 12.5. The number of hydrogen-bond donors (Lipinski definition) is 2. The highest BCUT2D eigenvalue weighted by molar-refractivity contribution is 5.88. The highest BCUT2D eigenvalue weighted by Crippen LogP contribution is 2.17. The zero-order chi connectivity index (χ0) is 15.8. The van der Waals surface area contributed by atoms with E-state index in [4.69, 9.17) is 10.2 Å². The van der Waals surface area contributed by atoms with Crippen molar-refractivity contribution in [3.8, 4) is 0 Å². The molecule has 1 aromatic carbocycles. The lowest BCUT2D eigenvalue weighted by Gasteiger charge is -2.25. The van der Waals surface area contributed by atoms with Crippen molar-refractivity contribution in [3.05, 3.63) is 29.8 Å². The summed E-state index contributed by atoms with van der Waals surface area (Å²) in [4.78, 5) is 25.8.